The molecule has 2 rings (SSSR count). The van der Waals surface area contributed by atoms with E-state index in [1.165, 1.54) is 7.11 Å². The second kappa shape index (κ2) is 17.1. The SMILES string of the molecule is COC(=O)/C=C/C(=O)OCCOCCOCCOCCOC(=O)[C@@H](C)c1ccc2cc(OC)ccc2c1. The number of ether oxygens (including phenoxy) is 7. The Kier molecular flexibility index (Phi) is 13.7. The Balaban J connectivity index is 1.47. The lowest BCUT2D eigenvalue weighted by Gasteiger charge is -2.13. The molecule has 10 nitrogen and oxygen atoms in total. The molecule has 0 aromatic heterocycles. The summed E-state index contributed by atoms with van der Waals surface area (Å²) in [6.45, 7) is 3.90. The maximum absolute atomic E-state index is 12.4. The zero-order chi connectivity index (χ0) is 26.9. The third-order valence-electron chi connectivity index (χ3n) is 5.17. The molecule has 0 unspecified atom stereocenters. The van der Waals surface area contributed by atoms with Gasteiger partial charge in [0.1, 0.15) is 19.0 Å². The van der Waals surface area contributed by atoms with E-state index in [-0.39, 0.29) is 32.4 Å². The highest BCUT2D eigenvalue weighted by atomic mass is 16.6. The quantitative estimate of drug-likeness (QED) is 0.134. The van der Waals surface area contributed by atoms with Crippen LogP contribution < -0.4 is 4.74 Å². The van der Waals surface area contributed by atoms with E-state index in [1.54, 1.807) is 7.11 Å². The van der Waals surface area contributed by atoms with Gasteiger partial charge in [-0.05, 0) is 35.4 Å². The summed E-state index contributed by atoms with van der Waals surface area (Å²) < 4.78 is 35.8. The Bertz CT molecular complexity index is 1030. The van der Waals surface area contributed by atoms with E-state index in [0.29, 0.717) is 26.4 Å². The highest BCUT2D eigenvalue weighted by Crippen LogP contribution is 2.25. The summed E-state index contributed by atoms with van der Waals surface area (Å²) >= 11 is 0. The summed E-state index contributed by atoms with van der Waals surface area (Å²) in [6.07, 6.45) is 1.97. The van der Waals surface area contributed by atoms with Crippen molar-refractivity contribution in [2.24, 2.45) is 0 Å². The molecule has 10 heteroatoms. The van der Waals surface area contributed by atoms with Crippen LogP contribution in [0.3, 0.4) is 0 Å². The first-order valence-electron chi connectivity index (χ1n) is 11.8. The minimum Gasteiger partial charge on any atom is -0.497 e. The molecule has 0 radical (unpaired) electrons. The van der Waals surface area contributed by atoms with Gasteiger partial charge in [0.05, 0.1) is 59.8 Å². The first kappa shape index (κ1) is 29.8. The number of hydrogen-bond donors (Lipinski definition) is 0. The molecule has 0 saturated heterocycles. The van der Waals surface area contributed by atoms with Crippen LogP contribution in [0.1, 0.15) is 18.4 Å². The van der Waals surface area contributed by atoms with Crippen LogP contribution in [0.4, 0.5) is 0 Å². The number of methoxy groups -OCH3 is 2. The minimum absolute atomic E-state index is 0.0564. The van der Waals surface area contributed by atoms with Crippen LogP contribution in [0.25, 0.3) is 10.8 Å². The van der Waals surface area contributed by atoms with Crippen molar-refractivity contribution in [2.75, 3.05) is 67.1 Å². The Morgan fingerprint density at radius 3 is 1.86 bits per heavy atom. The number of carbonyl (C=O) groups is 3. The number of carbonyl (C=O) groups excluding carboxylic acids is 3. The van der Waals surface area contributed by atoms with E-state index in [1.807, 2.05) is 43.3 Å². The summed E-state index contributed by atoms with van der Waals surface area (Å²) in [7, 11) is 2.84. The molecule has 1 atom stereocenters. The molecule has 0 amide bonds. The van der Waals surface area contributed by atoms with Gasteiger partial charge >= 0.3 is 17.9 Å². The zero-order valence-corrected chi connectivity index (χ0v) is 21.4. The Morgan fingerprint density at radius 2 is 1.24 bits per heavy atom. The highest BCUT2D eigenvalue weighted by Gasteiger charge is 2.17. The van der Waals surface area contributed by atoms with Crippen molar-refractivity contribution in [2.45, 2.75) is 12.8 Å². The van der Waals surface area contributed by atoms with Crippen LogP contribution in [0.5, 0.6) is 5.75 Å². The normalized spacial score (nSPS) is 11.9. The van der Waals surface area contributed by atoms with E-state index in [0.717, 1.165) is 34.2 Å². The maximum Gasteiger partial charge on any atom is 0.331 e. The molecule has 0 aliphatic rings. The van der Waals surface area contributed by atoms with E-state index in [2.05, 4.69) is 4.74 Å². The van der Waals surface area contributed by atoms with Crippen LogP contribution in [0.15, 0.2) is 48.6 Å². The molecule has 0 N–H and O–H groups in total. The molecule has 0 heterocycles. The van der Waals surface area contributed by atoms with Crippen LogP contribution in [-0.2, 0) is 42.8 Å². The highest BCUT2D eigenvalue weighted by molar-refractivity contribution is 5.91. The largest absolute Gasteiger partial charge is 0.497 e. The maximum atomic E-state index is 12.4. The van der Waals surface area contributed by atoms with Gasteiger partial charge in [-0.3, -0.25) is 4.79 Å². The lowest BCUT2D eigenvalue weighted by molar-refractivity contribution is -0.146. The van der Waals surface area contributed by atoms with Gasteiger partial charge in [-0.25, -0.2) is 9.59 Å². The van der Waals surface area contributed by atoms with Gasteiger partial charge in [-0.1, -0.05) is 24.3 Å². The van der Waals surface area contributed by atoms with Gasteiger partial charge in [-0.15, -0.1) is 0 Å². The number of esters is 3. The van der Waals surface area contributed by atoms with Gasteiger partial charge < -0.3 is 33.2 Å². The third-order valence-corrected chi connectivity index (χ3v) is 5.17. The summed E-state index contributed by atoms with van der Waals surface area (Å²) in [5, 5.41) is 2.07. The second-order valence-corrected chi connectivity index (χ2v) is 7.72. The molecule has 37 heavy (non-hydrogen) atoms. The fourth-order valence-corrected chi connectivity index (χ4v) is 3.10. The standard InChI is InChI=1S/C27H34O10/c1-20(21-4-5-23-19-24(31-2)7-6-22(23)18-21)27(30)37-17-15-35-13-11-33-10-12-34-14-16-36-26(29)9-8-25(28)32-3/h4-9,18-20H,10-17H2,1-3H3/b9-8+/t20-/m0/s1. The van der Waals surface area contributed by atoms with Crippen molar-refractivity contribution < 1.29 is 47.5 Å². The second-order valence-electron chi connectivity index (χ2n) is 7.72. The van der Waals surface area contributed by atoms with Gasteiger partial charge in [0.2, 0.25) is 0 Å². The smallest absolute Gasteiger partial charge is 0.331 e. The van der Waals surface area contributed by atoms with Crippen molar-refractivity contribution in [1.29, 1.82) is 0 Å². The van der Waals surface area contributed by atoms with E-state index in [9.17, 15) is 14.4 Å². The lowest BCUT2D eigenvalue weighted by atomic mass is 9.98. The molecule has 0 bridgehead atoms. The average Bonchev–Trinajstić information content (AvgIpc) is 2.92. The third kappa shape index (κ3) is 11.4. The molecule has 2 aromatic rings. The van der Waals surface area contributed by atoms with Crippen LogP contribution in [0.2, 0.25) is 0 Å². The number of benzene rings is 2. The van der Waals surface area contributed by atoms with Crippen molar-refractivity contribution in [3.05, 3.63) is 54.1 Å². The molecule has 2 aromatic carbocycles. The van der Waals surface area contributed by atoms with Crippen LogP contribution >= 0.6 is 0 Å². The van der Waals surface area contributed by atoms with Crippen molar-refractivity contribution in [3.63, 3.8) is 0 Å². The first-order valence-corrected chi connectivity index (χ1v) is 11.8. The van der Waals surface area contributed by atoms with Gasteiger partial charge in [-0.2, -0.15) is 0 Å². The van der Waals surface area contributed by atoms with Gasteiger partial charge in [0.25, 0.3) is 0 Å². The predicted octanol–water partition coefficient (Wildman–Crippen LogP) is 2.82. The average molecular weight is 519 g/mol. The van der Waals surface area contributed by atoms with Crippen LogP contribution in [0, 0.1) is 0 Å². The fourth-order valence-electron chi connectivity index (χ4n) is 3.10. The number of fused-ring (bicyclic) bond motifs is 1. The summed E-state index contributed by atoms with van der Waals surface area (Å²) in [4.78, 5) is 34.5. The van der Waals surface area contributed by atoms with Crippen molar-refractivity contribution in [3.8, 4) is 5.75 Å². The molecule has 0 saturated carbocycles. The molecule has 0 aliphatic carbocycles. The molecule has 0 spiro atoms. The van der Waals surface area contributed by atoms with E-state index in [4.69, 9.17) is 28.4 Å². The number of rotatable bonds is 17. The zero-order valence-electron chi connectivity index (χ0n) is 21.4. The fraction of sp³-hybridized carbons (Fsp3) is 0.444. The van der Waals surface area contributed by atoms with Crippen molar-refractivity contribution >= 4 is 28.7 Å². The summed E-state index contributed by atoms with van der Waals surface area (Å²) in [5.41, 5.74) is 0.882. The molecular weight excluding hydrogens is 484 g/mol. The Labute approximate surface area is 216 Å². The molecule has 202 valence electrons. The summed E-state index contributed by atoms with van der Waals surface area (Å²) in [5.74, 6) is -1.21. The van der Waals surface area contributed by atoms with Gasteiger partial charge in [0, 0.05) is 12.2 Å². The van der Waals surface area contributed by atoms with Crippen molar-refractivity contribution in [1.82, 2.24) is 0 Å². The monoisotopic (exact) mass is 518 g/mol. The lowest BCUT2D eigenvalue weighted by Crippen LogP contribution is -2.17. The van der Waals surface area contributed by atoms with Crippen LogP contribution in [-0.4, -0.2) is 85.0 Å². The first-order chi connectivity index (χ1) is 17.9. The molecule has 0 aliphatic heterocycles. The van der Waals surface area contributed by atoms with E-state index < -0.39 is 17.9 Å². The predicted molar refractivity (Wildman–Crippen MR) is 134 cm³/mol. The number of hydrogen-bond acceptors (Lipinski definition) is 10. The Morgan fingerprint density at radius 1 is 0.703 bits per heavy atom. The van der Waals surface area contributed by atoms with E-state index >= 15 is 0 Å². The minimum atomic E-state index is -0.655. The van der Waals surface area contributed by atoms with Gasteiger partial charge in [0.15, 0.2) is 0 Å². The summed E-state index contributed by atoms with van der Waals surface area (Å²) in [6, 6.07) is 11.7. The topological polar surface area (TPSA) is 116 Å². The molecule has 0 fully saturated rings. The molecular formula is C27H34O10. The Hall–Kier alpha value is -3.47.